The molecule has 1 aliphatic heterocycles. The first-order valence-electron chi connectivity index (χ1n) is 6.87. The number of para-hydroxylation sites is 1. The molecule has 1 aromatic rings. The molecule has 0 radical (unpaired) electrons. The summed E-state index contributed by atoms with van der Waals surface area (Å²) in [5.74, 6) is 0.502. The first-order chi connectivity index (χ1) is 9.68. The summed E-state index contributed by atoms with van der Waals surface area (Å²) in [6.45, 7) is 3.52. The molecule has 0 bridgehead atoms. The van der Waals surface area contributed by atoms with E-state index in [1.165, 1.54) is 0 Å². The largest absolute Gasteiger partial charge is 0.493 e. The van der Waals surface area contributed by atoms with Crippen LogP contribution in [0.1, 0.15) is 30.1 Å². The van der Waals surface area contributed by atoms with Gasteiger partial charge in [0.1, 0.15) is 11.3 Å². The van der Waals surface area contributed by atoms with E-state index in [1.54, 1.807) is 24.3 Å². The molecule has 4 nitrogen and oxygen atoms in total. The number of aromatic carboxylic acids is 1. The van der Waals surface area contributed by atoms with E-state index in [-0.39, 0.29) is 5.56 Å². The lowest BCUT2D eigenvalue weighted by Crippen LogP contribution is -2.14. The van der Waals surface area contributed by atoms with Crippen LogP contribution in [-0.4, -0.2) is 41.4 Å². The highest BCUT2D eigenvalue weighted by Crippen LogP contribution is 2.26. The van der Waals surface area contributed by atoms with Crippen molar-refractivity contribution in [1.82, 2.24) is 0 Å². The molecule has 0 spiro atoms. The zero-order chi connectivity index (χ0) is 14.4. The van der Waals surface area contributed by atoms with Crippen LogP contribution in [0, 0.1) is 0 Å². The van der Waals surface area contributed by atoms with Crippen molar-refractivity contribution in [3.05, 3.63) is 29.8 Å². The molecule has 0 saturated carbocycles. The molecule has 0 amide bonds. The Labute approximate surface area is 123 Å². The Morgan fingerprint density at radius 3 is 3.00 bits per heavy atom. The Kier molecular flexibility index (Phi) is 5.73. The maximum Gasteiger partial charge on any atom is 0.339 e. The third kappa shape index (κ3) is 4.15. The van der Waals surface area contributed by atoms with Gasteiger partial charge >= 0.3 is 5.97 Å². The number of carboxylic acid groups (broad SMARTS) is 1. The Morgan fingerprint density at radius 2 is 2.30 bits per heavy atom. The van der Waals surface area contributed by atoms with Crippen LogP contribution >= 0.6 is 11.8 Å². The number of thioether (sulfide) groups is 1. The minimum atomic E-state index is -0.952. The van der Waals surface area contributed by atoms with E-state index in [0.717, 1.165) is 25.2 Å². The summed E-state index contributed by atoms with van der Waals surface area (Å²) in [6.07, 6.45) is 2.37. The monoisotopic (exact) mass is 296 g/mol. The Balaban J connectivity index is 1.70. The van der Waals surface area contributed by atoms with Gasteiger partial charge in [-0.05, 0) is 37.7 Å². The van der Waals surface area contributed by atoms with Crippen LogP contribution in [0.15, 0.2) is 24.3 Å². The lowest BCUT2D eigenvalue weighted by Gasteiger charge is -2.13. The van der Waals surface area contributed by atoms with Crippen LogP contribution in [0.2, 0.25) is 0 Å². The van der Waals surface area contributed by atoms with Gasteiger partial charge in [-0.15, -0.1) is 0 Å². The molecule has 1 aliphatic rings. The van der Waals surface area contributed by atoms with Gasteiger partial charge in [-0.3, -0.25) is 0 Å². The zero-order valence-electron chi connectivity index (χ0n) is 11.6. The van der Waals surface area contributed by atoms with Gasteiger partial charge in [-0.1, -0.05) is 12.1 Å². The van der Waals surface area contributed by atoms with Gasteiger partial charge in [0.05, 0.1) is 12.7 Å². The third-order valence-corrected chi connectivity index (χ3v) is 4.87. The third-order valence-electron chi connectivity index (χ3n) is 3.30. The molecule has 0 aromatic heterocycles. The van der Waals surface area contributed by atoms with E-state index in [2.05, 4.69) is 6.92 Å². The molecule has 1 fully saturated rings. The van der Waals surface area contributed by atoms with Gasteiger partial charge in [0, 0.05) is 11.9 Å². The molecule has 110 valence electrons. The summed E-state index contributed by atoms with van der Waals surface area (Å²) >= 11 is 1.92. The Morgan fingerprint density at radius 1 is 1.50 bits per heavy atom. The van der Waals surface area contributed by atoms with Crippen molar-refractivity contribution in [2.45, 2.75) is 31.1 Å². The summed E-state index contributed by atoms with van der Waals surface area (Å²) < 4.78 is 11.1. The van der Waals surface area contributed by atoms with E-state index >= 15 is 0 Å². The summed E-state index contributed by atoms with van der Waals surface area (Å²) in [4.78, 5) is 11.0. The lowest BCUT2D eigenvalue weighted by molar-refractivity contribution is 0.0692. The molecule has 5 heteroatoms. The van der Waals surface area contributed by atoms with Crippen molar-refractivity contribution >= 4 is 17.7 Å². The van der Waals surface area contributed by atoms with Crippen LogP contribution in [0.5, 0.6) is 5.75 Å². The molecule has 1 saturated heterocycles. The molecule has 1 N–H and O–H groups in total. The van der Waals surface area contributed by atoms with Crippen LogP contribution < -0.4 is 4.74 Å². The molecule has 1 aromatic carbocycles. The summed E-state index contributed by atoms with van der Waals surface area (Å²) in [6, 6.07) is 6.75. The molecule has 1 heterocycles. The average Bonchev–Trinajstić information content (AvgIpc) is 2.84. The molecule has 20 heavy (non-hydrogen) atoms. The first kappa shape index (κ1) is 15.2. The van der Waals surface area contributed by atoms with Gasteiger partial charge < -0.3 is 14.6 Å². The normalized spacial score (nSPS) is 21.9. The zero-order valence-corrected chi connectivity index (χ0v) is 12.4. The van der Waals surface area contributed by atoms with Crippen LogP contribution in [0.4, 0.5) is 0 Å². The number of hydrogen-bond acceptors (Lipinski definition) is 4. The highest BCUT2D eigenvalue weighted by atomic mass is 32.2. The number of benzene rings is 1. The van der Waals surface area contributed by atoms with Crippen molar-refractivity contribution in [3.8, 4) is 5.75 Å². The SMILES string of the molecule is CC1OCCC1SCCCOc1ccccc1C(=O)O. The van der Waals surface area contributed by atoms with Gasteiger partial charge in [0.2, 0.25) is 0 Å². The number of hydrogen-bond donors (Lipinski definition) is 1. The van der Waals surface area contributed by atoms with E-state index in [4.69, 9.17) is 14.6 Å². The fraction of sp³-hybridized carbons (Fsp3) is 0.533. The Bertz CT molecular complexity index is 449. The Hall–Kier alpha value is -1.20. The van der Waals surface area contributed by atoms with E-state index in [1.807, 2.05) is 11.8 Å². The standard InChI is InChI=1S/C15H20O4S/c1-11-14(7-9-18-11)20-10-4-8-19-13-6-3-2-5-12(13)15(16)17/h2-3,5-6,11,14H,4,7-10H2,1H3,(H,16,17). The molecular formula is C15H20O4S. The molecule has 0 aliphatic carbocycles. The maximum absolute atomic E-state index is 11.0. The highest BCUT2D eigenvalue weighted by Gasteiger charge is 2.23. The highest BCUT2D eigenvalue weighted by molar-refractivity contribution is 7.99. The van der Waals surface area contributed by atoms with Crippen molar-refractivity contribution < 1.29 is 19.4 Å². The van der Waals surface area contributed by atoms with Crippen LogP contribution in [0.3, 0.4) is 0 Å². The number of ether oxygens (including phenoxy) is 2. The first-order valence-corrected chi connectivity index (χ1v) is 7.91. The minimum Gasteiger partial charge on any atom is -0.493 e. The van der Waals surface area contributed by atoms with Crippen LogP contribution in [-0.2, 0) is 4.74 Å². The average molecular weight is 296 g/mol. The van der Waals surface area contributed by atoms with Crippen molar-refractivity contribution in [1.29, 1.82) is 0 Å². The van der Waals surface area contributed by atoms with Crippen LogP contribution in [0.25, 0.3) is 0 Å². The van der Waals surface area contributed by atoms with E-state index in [0.29, 0.717) is 23.7 Å². The van der Waals surface area contributed by atoms with E-state index in [9.17, 15) is 4.79 Å². The quantitative estimate of drug-likeness (QED) is 0.784. The minimum absolute atomic E-state index is 0.220. The second kappa shape index (κ2) is 7.55. The van der Waals surface area contributed by atoms with Crippen molar-refractivity contribution in [2.24, 2.45) is 0 Å². The van der Waals surface area contributed by atoms with Gasteiger partial charge in [0.15, 0.2) is 0 Å². The second-order valence-electron chi connectivity index (χ2n) is 4.78. The van der Waals surface area contributed by atoms with Gasteiger partial charge in [0.25, 0.3) is 0 Å². The van der Waals surface area contributed by atoms with E-state index < -0.39 is 5.97 Å². The number of carboxylic acids is 1. The molecule has 2 atom stereocenters. The predicted molar refractivity (Wildman–Crippen MR) is 79.8 cm³/mol. The van der Waals surface area contributed by atoms with Gasteiger partial charge in [-0.2, -0.15) is 11.8 Å². The van der Waals surface area contributed by atoms with Crippen molar-refractivity contribution in [2.75, 3.05) is 19.0 Å². The van der Waals surface area contributed by atoms with Gasteiger partial charge in [-0.25, -0.2) is 4.79 Å². The molecule has 2 rings (SSSR count). The molecule has 2 unspecified atom stereocenters. The lowest BCUT2D eigenvalue weighted by atomic mass is 10.2. The molecular weight excluding hydrogens is 276 g/mol. The number of rotatable bonds is 7. The fourth-order valence-corrected chi connectivity index (χ4v) is 3.38. The van der Waals surface area contributed by atoms with Crippen molar-refractivity contribution in [3.63, 3.8) is 0 Å². The maximum atomic E-state index is 11.0. The topological polar surface area (TPSA) is 55.8 Å². The summed E-state index contributed by atoms with van der Waals surface area (Å²) in [7, 11) is 0. The second-order valence-corrected chi connectivity index (χ2v) is 6.12. The number of carbonyl (C=O) groups is 1. The summed E-state index contributed by atoms with van der Waals surface area (Å²) in [5, 5.41) is 9.63. The smallest absolute Gasteiger partial charge is 0.339 e. The predicted octanol–water partition coefficient (Wildman–Crippen LogP) is 3.06. The fourth-order valence-electron chi connectivity index (χ4n) is 2.18. The summed E-state index contributed by atoms with van der Waals surface area (Å²) in [5.41, 5.74) is 0.220.